The van der Waals surface area contributed by atoms with E-state index in [4.69, 9.17) is 0 Å². The lowest BCUT2D eigenvalue weighted by atomic mass is 9.78. The molecule has 4 rings (SSSR count). The highest BCUT2D eigenvalue weighted by Crippen LogP contribution is 2.54. The molecule has 2 nitrogen and oxygen atoms in total. The first-order valence-corrected chi connectivity index (χ1v) is 9.86. The van der Waals surface area contributed by atoms with E-state index in [-0.39, 0.29) is 5.92 Å². The average molecular weight is 348 g/mol. The lowest BCUT2D eigenvalue weighted by molar-refractivity contribution is 0.00403. The summed E-state index contributed by atoms with van der Waals surface area (Å²) in [5, 5.41) is 12.8. The molecule has 0 radical (unpaired) electrons. The number of benzene rings is 2. The van der Waals surface area contributed by atoms with Crippen molar-refractivity contribution in [3.63, 3.8) is 0 Å². The minimum Gasteiger partial charge on any atom is -0.389 e. The number of fused-ring (bicyclic) bond motifs is 3. The fourth-order valence-corrected chi connectivity index (χ4v) is 5.02. The number of aliphatic hydroxyl groups is 1. The molecule has 0 amide bonds. The van der Waals surface area contributed by atoms with Gasteiger partial charge in [0.2, 0.25) is 0 Å². The first-order chi connectivity index (χ1) is 12.5. The Kier molecular flexibility index (Phi) is 4.19. The maximum Gasteiger partial charge on any atom is 0.0712 e. The first kappa shape index (κ1) is 17.4. The molecular weight excluding hydrogens is 318 g/mol. The standard InChI is InChI=1S/C24H29NO/c1-5-24(26,6-2)20-15-19(17-13-11-16(3)12-14-17)23-22(20)18-9-7-8-10-21(18)25(23)4/h7-14,19-20,26H,5-6,15H2,1-4H3/t19-,20+/m1/s1. The molecule has 3 aromatic rings. The van der Waals surface area contributed by atoms with Crippen molar-refractivity contribution in [1.82, 2.24) is 4.57 Å². The highest BCUT2D eigenvalue weighted by molar-refractivity contribution is 5.87. The van der Waals surface area contributed by atoms with Crippen molar-refractivity contribution in [2.75, 3.05) is 0 Å². The molecule has 0 saturated carbocycles. The van der Waals surface area contributed by atoms with E-state index in [0.29, 0.717) is 5.92 Å². The van der Waals surface area contributed by atoms with Gasteiger partial charge in [0.05, 0.1) is 5.60 Å². The Balaban J connectivity index is 1.96. The van der Waals surface area contributed by atoms with Crippen LogP contribution in [0.1, 0.15) is 67.3 Å². The minimum absolute atomic E-state index is 0.185. The molecule has 0 unspecified atom stereocenters. The van der Waals surface area contributed by atoms with Crippen molar-refractivity contribution < 1.29 is 5.11 Å². The predicted octanol–water partition coefficient (Wildman–Crippen LogP) is 5.66. The van der Waals surface area contributed by atoms with Crippen LogP contribution in [0, 0.1) is 6.92 Å². The highest BCUT2D eigenvalue weighted by atomic mass is 16.3. The van der Waals surface area contributed by atoms with Gasteiger partial charge < -0.3 is 9.67 Å². The van der Waals surface area contributed by atoms with Gasteiger partial charge in [0.25, 0.3) is 0 Å². The lowest BCUT2D eigenvalue weighted by Gasteiger charge is -2.33. The Labute approximate surface area is 156 Å². The summed E-state index contributed by atoms with van der Waals surface area (Å²) in [4.78, 5) is 0. The molecule has 1 aliphatic carbocycles. The van der Waals surface area contributed by atoms with Gasteiger partial charge in [0, 0.05) is 35.5 Å². The summed E-state index contributed by atoms with van der Waals surface area (Å²) < 4.78 is 2.36. The molecule has 0 bridgehead atoms. The number of aromatic nitrogens is 1. The summed E-state index contributed by atoms with van der Waals surface area (Å²) in [7, 11) is 2.18. The second-order valence-electron chi connectivity index (χ2n) is 7.94. The molecule has 0 spiro atoms. The fourth-order valence-electron chi connectivity index (χ4n) is 5.02. The van der Waals surface area contributed by atoms with Crippen LogP contribution in [-0.2, 0) is 7.05 Å². The summed E-state index contributed by atoms with van der Waals surface area (Å²) in [5.74, 6) is 0.530. The Morgan fingerprint density at radius 1 is 1.04 bits per heavy atom. The van der Waals surface area contributed by atoms with Crippen LogP contribution in [0.2, 0.25) is 0 Å². The molecule has 26 heavy (non-hydrogen) atoms. The number of rotatable bonds is 4. The van der Waals surface area contributed by atoms with Gasteiger partial charge in [-0.2, -0.15) is 0 Å². The zero-order valence-corrected chi connectivity index (χ0v) is 16.3. The molecule has 2 aromatic carbocycles. The summed E-state index contributed by atoms with van der Waals surface area (Å²) in [6.07, 6.45) is 2.57. The molecular formula is C24H29NO. The SMILES string of the molecule is CCC(O)(CC)[C@H]1C[C@H](c2ccc(C)cc2)c2c1c1ccccc1n2C. The summed E-state index contributed by atoms with van der Waals surface area (Å²) in [6.45, 7) is 6.37. The van der Waals surface area contributed by atoms with Gasteiger partial charge in [-0.3, -0.25) is 0 Å². The maximum atomic E-state index is 11.4. The van der Waals surface area contributed by atoms with E-state index in [2.05, 4.69) is 80.9 Å². The zero-order chi connectivity index (χ0) is 18.5. The monoisotopic (exact) mass is 347 g/mol. The van der Waals surface area contributed by atoms with Crippen LogP contribution in [0.4, 0.5) is 0 Å². The van der Waals surface area contributed by atoms with Gasteiger partial charge in [-0.05, 0) is 43.4 Å². The number of aryl methyl sites for hydroxylation is 2. The Hall–Kier alpha value is -2.06. The highest BCUT2D eigenvalue weighted by Gasteiger charge is 2.45. The van der Waals surface area contributed by atoms with Crippen LogP contribution in [0.25, 0.3) is 10.9 Å². The van der Waals surface area contributed by atoms with Gasteiger partial charge in [0.15, 0.2) is 0 Å². The third-order valence-electron chi connectivity index (χ3n) is 6.70. The van der Waals surface area contributed by atoms with Gasteiger partial charge in [-0.1, -0.05) is 61.9 Å². The number of nitrogens with zero attached hydrogens (tertiary/aromatic N) is 1. The zero-order valence-electron chi connectivity index (χ0n) is 16.3. The topological polar surface area (TPSA) is 25.2 Å². The molecule has 1 aliphatic rings. The van der Waals surface area contributed by atoms with Gasteiger partial charge in [-0.25, -0.2) is 0 Å². The van der Waals surface area contributed by atoms with Crippen molar-refractivity contribution in [2.45, 2.75) is 57.5 Å². The maximum absolute atomic E-state index is 11.4. The van der Waals surface area contributed by atoms with Gasteiger partial charge >= 0.3 is 0 Å². The second-order valence-corrected chi connectivity index (χ2v) is 7.94. The lowest BCUT2D eigenvalue weighted by Crippen LogP contribution is -2.34. The summed E-state index contributed by atoms with van der Waals surface area (Å²) in [5.41, 5.74) is 6.05. The van der Waals surface area contributed by atoms with Crippen molar-refractivity contribution >= 4 is 10.9 Å². The molecule has 0 fully saturated rings. The third kappa shape index (κ3) is 2.43. The summed E-state index contributed by atoms with van der Waals surface area (Å²) >= 11 is 0. The van der Waals surface area contributed by atoms with E-state index in [0.717, 1.165) is 19.3 Å². The van der Waals surface area contributed by atoms with E-state index in [1.165, 1.54) is 33.3 Å². The van der Waals surface area contributed by atoms with Crippen LogP contribution in [0.5, 0.6) is 0 Å². The third-order valence-corrected chi connectivity index (χ3v) is 6.70. The van der Waals surface area contributed by atoms with Gasteiger partial charge in [0.1, 0.15) is 0 Å². The minimum atomic E-state index is -0.641. The molecule has 136 valence electrons. The van der Waals surface area contributed by atoms with E-state index < -0.39 is 5.60 Å². The molecule has 2 atom stereocenters. The van der Waals surface area contributed by atoms with Crippen LogP contribution in [0.15, 0.2) is 48.5 Å². The van der Waals surface area contributed by atoms with Crippen molar-refractivity contribution in [3.8, 4) is 0 Å². The van der Waals surface area contributed by atoms with E-state index >= 15 is 0 Å². The largest absolute Gasteiger partial charge is 0.389 e. The smallest absolute Gasteiger partial charge is 0.0712 e. The average Bonchev–Trinajstić information content (AvgIpc) is 3.20. The normalized spacial score (nSPS) is 19.9. The summed E-state index contributed by atoms with van der Waals surface area (Å²) in [6, 6.07) is 17.6. The quantitative estimate of drug-likeness (QED) is 0.647. The van der Waals surface area contributed by atoms with Gasteiger partial charge in [-0.15, -0.1) is 0 Å². The van der Waals surface area contributed by atoms with E-state index in [1.54, 1.807) is 0 Å². The predicted molar refractivity (Wildman–Crippen MR) is 109 cm³/mol. The first-order valence-electron chi connectivity index (χ1n) is 9.86. The Bertz CT molecular complexity index is 931. The molecule has 1 heterocycles. The fraction of sp³-hybridized carbons (Fsp3) is 0.417. The number of para-hydroxylation sites is 1. The Morgan fingerprint density at radius 3 is 2.35 bits per heavy atom. The van der Waals surface area contributed by atoms with Crippen molar-refractivity contribution in [1.29, 1.82) is 0 Å². The number of hydrogen-bond donors (Lipinski definition) is 1. The van der Waals surface area contributed by atoms with Crippen LogP contribution < -0.4 is 0 Å². The molecule has 0 saturated heterocycles. The van der Waals surface area contributed by atoms with E-state index in [9.17, 15) is 5.11 Å². The Morgan fingerprint density at radius 2 is 1.69 bits per heavy atom. The molecule has 1 N–H and O–H groups in total. The molecule has 0 aliphatic heterocycles. The van der Waals surface area contributed by atoms with Crippen LogP contribution in [0.3, 0.4) is 0 Å². The van der Waals surface area contributed by atoms with Crippen molar-refractivity contribution in [2.24, 2.45) is 7.05 Å². The van der Waals surface area contributed by atoms with E-state index in [1.807, 2.05) is 0 Å². The number of hydrogen-bond acceptors (Lipinski definition) is 1. The molecule has 1 aromatic heterocycles. The van der Waals surface area contributed by atoms with Crippen LogP contribution in [-0.4, -0.2) is 15.3 Å². The second kappa shape index (κ2) is 6.28. The van der Waals surface area contributed by atoms with Crippen LogP contribution >= 0.6 is 0 Å². The van der Waals surface area contributed by atoms with Crippen molar-refractivity contribution in [3.05, 3.63) is 70.9 Å². The molecule has 2 heteroatoms.